The predicted octanol–water partition coefficient (Wildman–Crippen LogP) is 2.10. The summed E-state index contributed by atoms with van der Waals surface area (Å²) in [7, 11) is 0. The molecule has 4 nitrogen and oxygen atoms in total. The zero-order valence-electron chi connectivity index (χ0n) is 9.74. The number of aromatic nitrogens is 1. The number of halogens is 1. The van der Waals surface area contributed by atoms with Crippen LogP contribution in [-0.4, -0.2) is 10.9 Å². The van der Waals surface area contributed by atoms with Crippen molar-refractivity contribution in [2.45, 2.75) is 13.5 Å². The zero-order valence-corrected chi connectivity index (χ0v) is 10.6. The molecule has 94 valence electrons. The van der Waals surface area contributed by atoms with E-state index in [4.69, 9.17) is 5.73 Å². The summed E-state index contributed by atoms with van der Waals surface area (Å²) in [6.45, 7) is 2.15. The number of carbonyl (C=O) groups is 1. The first-order valence-corrected chi connectivity index (χ1v) is 6.12. The molecule has 2 aromatic rings. The fourth-order valence-corrected chi connectivity index (χ4v) is 2.11. The Kier molecular flexibility index (Phi) is 3.57. The lowest BCUT2D eigenvalue weighted by atomic mass is 10.1. The van der Waals surface area contributed by atoms with Crippen LogP contribution in [0.15, 0.2) is 24.4 Å². The topological polar surface area (TPSA) is 68.0 Å². The van der Waals surface area contributed by atoms with Gasteiger partial charge in [0, 0.05) is 6.54 Å². The first-order valence-electron chi connectivity index (χ1n) is 5.31. The van der Waals surface area contributed by atoms with Crippen molar-refractivity contribution < 1.29 is 9.18 Å². The van der Waals surface area contributed by atoms with E-state index in [1.165, 1.54) is 18.3 Å². The maximum absolute atomic E-state index is 12.9. The van der Waals surface area contributed by atoms with Crippen LogP contribution in [0.5, 0.6) is 0 Å². The van der Waals surface area contributed by atoms with Crippen molar-refractivity contribution in [3.63, 3.8) is 0 Å². The van der Waals surface area contributed by atoms with Gasteiger partial charge in [-0.05, 0) is 30.2 Å². The third kappa shape index (κ3) is 2.84. The van der Waals surface area contributed by atoms with E-state index in [2.05, 4.69) is 10.3 Å². The predicted molar refractivity (Wildman–Crippen MR) is 68.8 cm³/mol. The second kappa shape index (κ2) is 5.14. The van der Waals surface area contributed by atoms with Gasteiger partial charge in [0.25, 0.3) is 5.91 Å². The van der Waals surface area contributed by atoms with Crippen molar-refractivity contribution in [2.75, 3.05) is 5.73 Å². The molecule has 1 aromatic heterocycles. The quantitative estimate of drug-likeness (QED) is 0.893. The number of nitrogen functional groups attached to an aromatic ring is 1. The van der Waals surface area contributed by atoms with Crippen molar-refractivity contribution in [1.29, 1.82) is 0 Å². The molecular weight excluding hydrogens is 253 g/mol. The van der Waals surface area contributed by atoms with Crippen LogP contribution in [0.2, 0.25) is 0 Å². The van der Waals surface area contributed by atoms with E-state index in [1.807, 2.05) is 0 Å². The summed E-state index contributed by atoms with van der Waals surface area (Å²) in [6.07, 6.45) is 1.44. The molecule has 3 N–H and O–H groups in total. The van der Waals surface area contributed by atoms with Gasteiger partial charge in [-0.1, -0.05) is 17.4 Å². The Morgan fingerprint density at radius 2 is 2.33 bits per heavy atom. The minimum absolute atomic E-state index is 0.229. The highest BCUT2D eigenvalue weighted by molar-refractivity contribution is 7.17. The van der Waals surface area contributed by atoms with Gasteiger partial charge in [0.05, 0.1) is 6.20 Å². The Bertz CT molecular complexity index is 582. The average Bonchev–Trinajstić information content (AvgIpc) is 2.74. The molecule has 1 aromatic carbocycles. The SMILES string of the molecule is Cc1cc(F)ccc1CNC(=O)c1cnc(N)s1. The number of amides is 1. The lowest BCUT2D eigenvalue weighted by Gasteiger charge is -2.06. The third-order valence-electron chi connectivity index (χ3n) is 2.49. The second-order valence-electron chi connectivity index (χ2n) is 3.82. The third-order valence-corrected chi connectivity index (χ3v) is 3.32. The van der Waals surface area contributed by atoms with Crippen LogP contribution in [0.4, 0.5) is 9.52 Å². The molecule has 0 unspecified atom stereocenters. The molecule has 6 heteroatoms. The molecule has 0 bridgehead atoms. The number of rotatable bonds is 3. The highest BCUT2D eigenvalue weighted by Gasteiger charge is 2.09. The first kappa shape index (κ1) is 12.5. The number of hydrogen-bond donors (Lipinski definition) is 2. The number of hydrogen-bond acceptors (Lipinski definition) is 4. The standard InChI is InChI=1S/C12H12FN3OS/c1-7-4-9(13)3-2-8(7)5-15-11(17)10-6-16-12(14)18-10/h2-4,6H,5H2,1H3,(H2,14,16)(H,15,17). The number of nitrogens with two attached hydrogens (primary N) is 1. The molecule has 0 saturated carbocycles. The monoisotopic (exact) mass is 265 g/mol. The number of thiazole rings is 1. The van der Waals surface area contributed by atoms with Crippen LogP contribution in [0.1, 0.15) is 20.8 Å². The number of aryl methyl sites for hydroxylation is 1. The van der Waals surface area contributed by atoms with Crippen molar-refractivity contribution in [3.8, 4) is 0 Å². The molecule has 0 aliphatic rings. The molecule has 0 fully saturated rings. The molecule has 0 atom stereocenters. The number of carbonyl (C=O) groups excluding carboxylic acids is 1. The summed E-state index contributed by atoms with van der Waals surface area (Å²) in [4.78, 5) is 16.0. The summed E-state index contributed by atoms with van der Waals surface area (Å²) in [5.41, 5.74) is 7.13. The molecule has 0 saturated heterocycles. The molecule has 1 amide bonds. The summed E-state index contributed by atoms with van der Waals surface area (Å²) < 4.78 is 12.9. The highest BCUT2D eigenvalue weighted by atomic mass is 32.1. The van der Waals surface area contributed by atoms with Crippen LogP contribution in [0.3, 0.4) is 0 Å². The molecule has 2 rings (SSSR count). The van der Waals surface area contributed by atoms with Gasteiger partial charge in [-0.15, -0.1) is 0 Å². The van der Waals surface area contributed by atoms with Crippen molar-refractivity contribution in [1.82, 2.24) is 10.3 Å². The van der Waals surface area contributed by atoms with Crippen LogP contribution >= 0.6 is 11.3 Å². The molecule has 0 radical (unpaired) electrons. The normalized spacial score (nSPS) is 10.3. The highest BCUT2D eigenvalue weighted by Crippen LogP contribution is 2.15. The summed E-state index contributed by atoms with van der Waals surface area (Å²) in [5, 5.41) is 3.10. The number of nitrogens with zero attached hydrogens (tertiary/aromatic N) is 1. The fraction of sp³-hybridized carbons (Fsp3) is 0.167. The minimum atomic E-state index is -0.280. The maximum atomic E-state index is 12.9. The van der Waals surface area contributed by atoms with Gasteiger partial charge in [0.15, 0.2) is 5.13 Å². The Labute approximate surface area is 108 Å². The molecule has 18 heavy (non-hydrogen) atoms. The first-order chi connectivity index (χ1) is 8.56. The van der Waals surface area contributed by atoms with Crippen LogP contribution in [0.25, 0.3) is 0 Å². The van der Waals surface area contributed by atoms with E-state index in [0.29, 0.717) is 16.6 Å². The lowest BCUT2D eigenvalue weighted by molar-refractivity contribution is 0.0954. The van der Waals surface area contributed by atoms with E-state index < -0.39 is 0 Å². The number of benzene rings is 1. The molecule has 0 aliphatic heterocycles. The molecule has 0 aliphatic carbocycles. The number of anilines is 1. The van der Waals surface area contributed by atoms with E-state index in [1.54, 1.807) is 13.0 Å². The largest absolute Gasteiger partial charge is 0.375 e. The van der Waals surface area contributed by atoms with E-state index in [0.717, 1.165) is 22.5 Å². The molecule has 0 spiro atoms. The Balaban J connectivity index is 2.01. The van der Waals surface area contributed by atoms with E-state index in [9.17, 15) is 9.18 Å². The summed E-state index contributed by atoms with van der Waals surface area (Å²) >= 11 is 1.13. The van der Waals surface area contributed by atoms with Gasteiger partial charge in [-0.2, -0.15) is 0 Å². The van der Waals surface area contributed by atoms with Gasteiger partial charge in [-0.25, -0.2) is 9.37 Å². The molecule has 1 heterocycles. The van der Waals surface area contributed by atoms with Gasteiger partial charge in [0.2, 0.25) is 0 Å². The van der Waals surface area contributed by atoms with Gasteiger partial charge < -0.3 is 11.1 Å². The van der Waals surface area contributed by atoms with Crippen molar-refractivity contribution in [2.24, 2.45) is 0 Å². The number of nitrogens with one attached hydrogen (secondary N) is 1. The van der Waals surface area contributed by atoms with Gasteiger partial charge >= 0.3 is 0 Å². The lowest BCUT2D eigenvalue weighted by Crippen LogP contribution is -2.22. The van der Waals surface area contributed by atoms with E-state index in [-0.39, 0.29) is 11.7 Å². The fourth-order valence-electron chi connectivity index (χ4n) is 1.51. The zero-order chi connectivity index (χ0) is 13.1. The summed E-state index contributed by atoms with van der Waals surface area (Å²) in [6, 6.07) is 4.47. The van der Waals surface area contributed by atoms with Crippen molar-refractivity contribution >= 4 is 22.4 Å². The van der Waals surface area contributed by atoms with Crippen LogP contribution in [-0.2, 0) is 6.54 Å². The van der Waals surface area contributed by atoms with Gasteiger partial charge in [-0.3, -0.25) is 4.79 Å². The summed E-state index contributed by atoms with van der Waals surface area (Å²) in [5.74, 6) is -0.509. The molecular formula is C12H12FN3OS. The Hall–Kier alpha value is -1.95. The van der Waals surface area contributed by atoms with E-state index >= 15 is 0 Å². The van der Waals surface area contributed by atoms with Crippen LogP contribution < -0.4 is 11.1 Å². The second-order valence-corrected chi connectivity index (χ2v) is 4.88. The Morgan fingerprint density at radius 3 is 2.94 bits per heavy atom. The average molecular weight is 265 g/mol. The Morgan fingerprint density at radius 1 is 1.56 bits per heavy atom. The smallest absolute Gasteiger partial charge is 0.263 e. The van der Waals surface area contributed by atoms with Gasteiger partial charge in [0.1, 0.15) is 10.7 Å². The maximum Gasteiger partial charge on any atom is 0.263 e. The van der Waals surface area contributed by atoms with Crippen LogP contribution in [0, 0.1) is 12.7 Å². The minimum Gasteiger partial charge on any atom is -0.375 e. The van der Waals surface area contributed by atoms with Crippen molar-refractivity contribution in [3.05, 3.63) is 46.2 Å².